The molecule has 1 aliphatic rings. The van der Waals surface area contributed by atoms with E-state index in [-0.39, 0.29) is 11.9 Å². The number of amides is 1. The molecule has 126 valence electrons. The average molecular weight is 326 g/mol. The Hall–Kier alpha value is -2.63. The summed E-state index contributed by atoms with van der Waals surface area (Å²) in [6, 6.07) is 7.58. The van der Waals surface area contributed by atoms with Gasteiger partial charge in [0.05, 0.1) is 6.61 Å². The first-order chi connectivity index (χ1) is 11.6. The molecule has 1 aromatic carbocycles. The highest BCUT2D eigenvalue weighted by molar-refractivity contribution is 6.05. The zero-order valence-electron chi connectivity index (χ0n) is 14.2. The number of benzene rings is 1. The Morgan fingerprint density at radius 2 is 2.21 bits per heavy atom. The molecule has 0 spiro atoms. The van der Waals surface area contributed by atoms with Crippen LogP contribution < -0.4 is 15.0 Å². The normalized spacial score (nSPS) is 12.7. The van der Waals surface area contributed by atoms with Crippen LogP contribution in [0.25, 0.3) is 0 Å². The maximum absolute atomic E-state index is 12.9. The highest BCUT2D eigenvalue weighted by Crippen LogP contribution is 2.27. The van der Waals surface area contributed by atoms with Crippen LogP contribution in [-0.4, -0.2) is 35.1 Å². The standard InChI is InChI=1S/C18H22N4O2/c1-4-22(16-7-9-19-18(21-16)20-12(2)3)17(23)14-5-6-15-13(11-14)8-10-24-15/h5-7,9,11-12H,4,8,10H2,1-3H3,(H,19,20,21). The Morgan fingerprint density at radius 3 is 2.96 bits per heavy atom. The van der Waals surface area contributed by atoms with Crippen LogP contribution in [0.2, 0.25) is 0 Å². The smallest absolute Gasteiger partial charge is 0.259 e. The highest BCUT2D eigenvalue weighted by atomic mass is 16.5. The summed E-state index contributed by atoms with van der Waals surface area (Å²) in [7, 11) is 0. The molecule has 0 radical (unpaired) electrons. The first kappa shape index (κ1) is 16.2. The van der Waals surface area contributed by atoms with Gasteiger partial charge < -0.3 is 10.1 Å². The lowest BCUT2D eigenvalue weighted by Crippen LogP contribution is -2.31. The lowest BCUT2D eigenvalue weighted by Gasteiger charge is -2.21. The quantitative estimate of drug-likeness (QED) is 0.915. The number of ether oxygens (including phenoxy) is 1. The summed E-state index contributed by atoms with van der Waals surface area (Å²) in [5.74, 6) is 1.93. The van der Waals surface area contributed by atoms with E-state index in [2.05, 4.69) is 15.3 Å². The molecule has 1 aromatic heterocycles. The first-order valence-electron chi connectivity index (χ1n) is 8.25. The maximum Gasteiger partial charge on any atom is 0.259 e. The molecular weight excluding hydrogens is 304 g/mol. The number of carbonyl (C=O) groups excluding carboxylic acids is 1. The summed E-state index contributed by atoms with van der Waals surface area (Å²) in [4.78, 5) is 23.2. The van der Waals surface area contributed by atoms with Gasteiger partial charge in [0.1, 0.15) is 11.6 Å². The second-order valence-corrected chi connectivity index (χ2v) is 6.01. The van der Waals surface area contributed by atoms with E-state index < -0.39 is 0 Å². The molecule has 0 unspecified atom stereocenters. The average Bonchev–Trinajstić information content (AvgIpc) is 3.02. The van der Waals surface area contributed by atoms with Crippen LogP contribution in [0.15, 0.2) is 30.5 Å². The second-order valence-electron chi connectivity index (χ2n) is 6.01. The van der Waals surface area contributed by atoms with Gasteiger partial charge in [-0.25, -0.2) is 4.98 Å². The minimum absolute atomic E-state index is 0.0682. The third-order valence-corrected chi connectivity index (χ3v) is 3.83. The summed E-state index contributed by atoms with van der Waals surface area (Å²) in [5.41, 5.74) is 1.74. The van der Waals surface area contributed by atoms with Gasteiger partial charge in [0.2, 0.25) is 5.95 Å². The van der Waals surface area contributed by atoms with Crippen molar-refractivity contribution in [2.45, 2.75) is 33.2 Å². The van der Waals surface area contributed by atoms with Gasteiger partial charge in [-0.15, -0.1) is 0 Å². The number of hydrogen-bond acceptors (Lipinski definition) is 5. The van der Waals surface area contributed by atoms with Crippen LogP contribution in [0.5, 0.6) is 5.75 Å². The van der Waals surface area contributed by atoms with E-state index in [1.54, 1.807) is 17.2 Å². The van der Waals surface area contributed by atoms with Crippen molar-refractivity contribution in [2.75, 3.05) is 23.4 Å². The molecule has 1 N–H and O–H groups in total. The van der Waals surface area contributed by atoms with E-state index in [0.717, 1.165) is 17.7 Å². The van der Waals surface area contributed by atoms with E-state index >= 15 is 0 Å². The van der Waals surface area contributed by atoms with Crippen molar-refractivity contribution in [1.29, 1.82) is 0 Å². The van der Waals surface area contributed by atoms with Crippen molar-refractivity contribution < 1.29 is 9.53 Å². The van der Waals surface area contributed by atoms with Gasteiger partial charge in [-0.05, 0) is 50.6 Å². The number of hydrogen-bond donors (Lipinski definition) is 1. The largest absolute Gasteiger partial charge is 0.493 e. The Labute approximate surface area is 141 Å². The fourth-order valence-corrected chi connectivity index (χ4v) is 2.71. The van der Waals surface area contributed by atoms with Gasteiger partial charge in [-0.1, -0.05) is 0 Å². The van der Waals surface area contributed by atoms with Crippen molar-refractivity contribution in [3.05, 3.63) is 41.6 Å². The van der Waals surface area contributed by atoms with E-state index in [1.165, 1.54) is 0 Å². The SMILES string of the molecule is CCN(C(=O)c1ccc2c(c1)CCO2)c1ccnc(NC(C)C)n1. The van der Waals surface area contributed by atoms with E-state index in [0.29, 0.717) is 30.5 Å². The lowest BCUT2D eigenvalue weighted by atomic mass is 10.1. The van der Waals surface area contributed by atoms with Crippen LogP contribution in [0.4, 0.5) is 11.8 Å². The van der Waals surface area contributed by atoms with Crippen molar-refractivity contribution in [3.8, 4) is 5.75 Å². The second kappa shape index (κ2) is 6.86. The van der Waals surface area contributed by atoms with Gasteiger partial charge in [0, 0.05) is 30.8 Å². The number of rotatable bonds is 5. The molecule has 2 heterocycles. The number of nitrogens with zero attached hydrogens (tertiary/aromatic N) is 3. The summed E-state index contributed by atoms with van der Waals surface area (Å²) < 4.78 is 5.50. The fraction of sp³-hybridized carbons (Fsp3) is 0.389. The molecule has 2 aromatic rings. The molecule has 0 atom stereocenters. The molecular formula is C18H22N4O2. The Balaban J connectivity index is 1.87. The summed E-state index contributed by atoms with van der Waals surface area (Å²) in [5, 5.41) is 3.16. The molecule has 0 aliphatic carbocycles. The zero-order valence-corrected chi connectivity index (χ0v) is 14.2. The molecule has 0 saturated heterocycles. The molecule has 0 bridgehead atoms. The number of anilines is 2. The minimum atomic E-state index is -0.0682. The minimum Gasteiger partial charge on any atom is -0.493 e. The number of aromatic nitrogens is 2. The molecule has 1 aliphatic heterocycles. The third-order valence-electron chi connectivity index (χ3n) is 3.83. The van der Waals surface area contributed by atoms with Crippen molar-refractivity contribution in [1.82, 2.24) is 9.97 Å². The van der Waals surface area contributed by atoms with Crippen LogP contribution in [-0.2, 0) is 6.42 Å². The van der Waals surface area contributed by atoms with Gasteiger partial charge in [-0.2, -0.15) is 4.98 Å². The van der Waals surface area contributed by atoms with Crippen LogP contribution >= 0.6 is 0 Å². The van der Waals surface area contributed by atoms with Gasteiger partial charge in [0.25, 0.3) is 5.91 Å². The predicted molar refractivity (Wildman–Crippen MR) is 93.8 cm³/mol. The molecule has 6 heteroatoms. The fourth-order valence-electron chi connectivity index (χ4n) is 2.71. The lowest BCUT2D eigenvalue weighted by molar-refractivity contribution is 0.0987. The maximum atomic E-state index is 12.9. The molecule has 6 nitrogen and oxygen atoms in total. The summed E-state index contributed by atoms with van der Waals surface area (Å²) >= 11 is 0. The predicted octanol–water partition coefficient (Wildman–Crippen LogP) is 2.90. The summed E-state index contributed by atoms with van der Waals surface area (Å²) in [6.07, 6.45) is 2.51. The first-order valence-corrected chi connectivity index (χ1v) is 8.25. The monoisotopic (exact) mass is 326 g/mol. The number of carbonyl (C=O) groups is 1. The van der Waals surface area contributed by atoms with Crippen LogP contribution in [0, 0.1) is 0 Å². The highest BCUT2D eigenvalue weighted by Gasteiger charge is 2.21. The third kappa shape index (κ3) is 3.32. The van der Waals surface area contributed by atoms with E-state index in [9.17, 15) is 4.79 Å². The van der Waals surface area contributed by atoms with Crippen molar-refractivity contribution >= 4 is 17.7 Å². The molecule has 3 rings (SSSR count). The van der Waals surface area contributed by atoms with Crippen molar-refractivity contribution in [2.24, 2.45) is 0 Å². The number of nitrogens with one attached hydrogen (secondary N) is 1. The topological polar surface area (TPSA) is 67.4 Å². The van der Waals surface area contributed by atoms with Crippen LogP contribution in [0.3, 0.4) is 0 Å². The van der Waals surface area contributed by atoms with E-state index in [4.69, 9.17) is 4.74 Å². The Kier molecular flexibility index (Phi) is 4.64. The van der Waals surface area contributed by atoms with Crippen molar-refractivity contribution in [3.63, 3.8) is 0 Å². The molecule has 24 heavy (non-hydrogen) atoms. The van der Waals surface area contributed by atoms with Gasteiger partial charge in [0.15, 0.2) is 0 Å². The van der Waals surface area contributed by atoms with Crippen LogP contribution in [0.1, 0.15) is 36.7 Å². The molecule has 0 saturated carbocycles. The Bertz CT molecular complexity index is 746. The van der Waals surface area contributed by atoms with Gasteiger partial charge >= 0.3 is 0 Å². The van der Waals surface area contributed by atoms with Gasteiger partial charge in [-0.3, -0.25) is 9.69 Å². The Morgan fingerprint density at radius 1 is 1.38 bits per heavy atom. The van der Waals surface area contributed by atoms with E-state index in [1.807, 2.05) is 39.0 Å². The molecule has 0 fully saturated rings. The zero-order chi connectivity index (χ0) is 17.1. The summed E-state index contributed by atoms with van der Waals surface area (Å²) in [6.45, 7) is 7.19. The molecule has 1 amide bonds. The number of fused-ring (bicyclic) bond motifs is 1.